The summed E-state index contributed by atoms with van der Waals surface area (Å²) in [5.74, 6) is 2.86. The molecule has 4 aromatic rings. The van der Waals surface area contributed by atoms with E-state index in [1.54, 1.807) is 18.3 Å². The number of ether oxygens (including phenoxy) is 1. The molecule has 0 fully saturated rings. The lowest BCUT2D eigenvalue weighted by molar-refractivity contribution is 0.293. The van der Waals surface area contributed by atoms with Crippen molar-refractivity contribution in [2.24, 2.45) is 0 Å². The quantitative estimate of drug-likeness (QED) is 0.397. The van der Waals surface area contributed by atoms with Crippen molar-refractivity contribution in [2.75, 3.05) is 10.6 Å². The van der Waals surface area contributed by atoms with Crippen LogP contribution < -0.4 is 15.4 Å². The van der Waals surface area contributed by atoms with E-state index in [1.807, 2.05) is 37.3 Å². The predicted molar refractivity (Wildman–Crippen MR) is 108 cm³/mol. The lowest BCUT2D eigenvalue weighted by Crippen LogP contribution is -2.04. The van der Waals surface area contributed by atoms with E-state index in [9.17, 15) is 0 Å². The van der Waals surface area contributed by atoms with E-state index in [2.05, 4.69) is 36.0 Å². The molecule has 29 heavy (non-hydrogen) atoms. The average molecular weight is 412 g/mol. The number of halogens is 1. The minimum atomic E-state index is 0.369. The molecule has 0 radical (unpaired) electrons. The number of anilines is 3. The third kappa shape index (κ3) is 5.23. The van der Waals surface area contributed by atoms with Crippen molar-refractivity contribution in [2.45, 2.75) is 20.1 Å². The van der Waals surface area contributed by atoms with Gasteiger partial charge in [0.05, 0.1) is 12.2 Å². The number of aryl methyl sites for hydroxylation is 1. The summed E-state index contributed by atoms with van der Waals surface area (Å²) in [7, 11) is 0. The van der Waals surface area contributed by atoms with E-state index in [-0.39, 0.29) is 0 Å². The fourth-order valence-electron chi connectivity index (χ4n) is 2.54. The topological polar surface area (TPSA) is 114 Å². The van der Waals surface area contributed by atoms with Crippen LogP contribution in [0.5, 0.6) is 5.88 Å². The molecule has 0 saturated heterocycles. The average Bonchev–Trinajstić information content (AvgIpc) is 3.34. The van der Waals surface area contributed by atoms with Gasteiger partial charge in [-0.05, 0) is 30.7 Å². The first-order valence-corrected chi connectivity index (χ1v) is 9.21. The monoisotopic (exact) mass is 411 g/mol. The van der Waals surface area contributed by atoms with Crippen LogP contribution in [0.25, 0.3) is 0 Å². The fourth-order valence-corrected chi connectivity index (χ4v) is 2.76. The molecule has 0 aliphatic rings. The summed E-state index contributed by atoms with van der Waals surface area (Å²) in [5, 5.41) is 17.7. The Hall–Kier alpha value is -3.59. The Morgan fingerprint density at radius 3 is 2.97 bits per heavy atom. The Bertz CT molecular complexity index is 1100. The first-order chi connectivity index (χ1) is 14.1. The summed E-state index contributed by atoms with van der Waals surface area (Å²) in [4.78, 5) is 8.60. The third-order valence-electron chi connectivity index (χ3n) is 3.85. The van der Waals surface area contributed by atoms with Crippen molar-refractivity contribution in [3.05, 3.63) is 70.7 Å². The van der Waals surface area contributed by atoms with Gasteiger partial charge < -0.3 is 19.9 Å². The van der Waals surface area contributed by atoms with Gasteiger partial charge in [-0.15, -0.1) is 5.10 Å². The number of hydrogen-bond acceptors (Lipinski definition) is 8. The Morgan fingerprint density at radius 2 is 2.14 bits per heavy atom. The summed E-state index contributed by atoms with van der Waals surface area (Å²) < 4.78 is 10.8. The van der Waals surface area contributed by atoms with Crippen molar-refractivity contribution < 1.29 is 9.26 Å². The van der Waals surface area contributed by atoms with E-state index in [1.165, 1.54) is 0 Å². The number of H-pyrrole nitrogens is 1. The number of nitrogens with zero attached hydrogens (tertiary/aromatic N) is 4. The van der Waals surface area contributed by atoms with Crippen molar-refractivity contribution in [3.8, 4) is 5.88 Å². The Labute approximate surface area is 171 Å². The molecule has 0 aliphatic carbocycles. The van der Waals surface area contributed by atoms with Crippen LogP contribution in [0.4, 0.5) is 17.6 Å². The molecule has 3 heterocycles. The van der Waals surface area contributed by atoms with E-state index in [0.717, 1.165) is 11.3 Å². The molecule has 0 bridgehead atoms. The zero-order chi connectivity index (χ0) is 20.1. The normalized spacial score (nSPS) is 10.7. The highest BCUT2D eigenvalue weighted by molar-refractivity contribution is 6.30. The second-order valence-electron chi connectivity index (χ2n) is 6.22. The Kier molecular flexibility index (Phi) is 5.57. The van der Waals surface area contributed by atoms with Gasteiger partial charge >= 0.3 is 0 Å². The summed E-state index contributed by atoms with van der Waals surface area (Å²) in [6, 6.07) is 12.8. The molecule has 1 aromatic carbocycles. The fraction of sp³-hybridized carbons (Fsp3) is 0.158. The second-order valence-corrected chi connectivity index (χ2v) is 6.65. The second kappa shape index (κ2) is 8.61. The number of aromatic amines is 1. The number of benzene rings is 1. The van der Waals surface area contributed by atoms with Crippen molar-refractivity contribution in [1.29, 1.82) is 0 Å². The summed E-state index contributed by atoms with van der Waals surface area (Å²) in [5.41, 5.74) is 1.79. The molecular weight excluding hydrogens is 394 g/mol. The molecule has 0 atom stereocenters. The van der Waals surface area contributed by atoms with Crippen LogP contribution in [-0.2, 0) is 13.2 Å². The van der Waals surface area contributed by atoms with Crippen LogP contribution in [0.15, 0.2) is 53.2 Å². The smallest absolute Gasteiger partial charge is 0.235 e. The molecule has 3 aromatic heterocycles. The lowest BCUT2D eigenvalue weighted by Gasteiger charge is -2.05. The third-order valence-corrected chi connectivity index (χ3v) is 4.08. The highest BCUT2D eigenvalue weighted by Crippen LogP contribution is 2.19. The van der Waals surface area contributed by atoms with Crippen molar-refractivity contribution in [3.63, 3.8) is 0 Å². The van der Waals surface area contributed by atoms with Gasteiger partial charge in [-0.25, -0.2) is 4.98 Å². The summed E-state index contributed by atoms with van der Waals surface area (Å²) >= 11 is 5.98. The molecule has 0 amide bonds. The molecule has 9 nitrogen and oxygen atoms in total. The van der Waals surface area contributed by atoms with Gasteiger partial charge in [0.2, 0.25) is 11.8 Å². The maximum absolute atomic E-state index is 5.98. The molecule has 0 unspecified atom stereocenters. The van der Waals surface area contributed by atoms with E-state index >= 15 is 0 Å². The zero-order valence-corrected chi connectivity index (χ0v) is 16.3. The number of hydrogen-bond donors (Lipinski definition) is 3. The minimum Gasteiger partial charge on any atom is -0.472 e. The van der Waals surface area contributed by atoms with E-state index < -0.39 is 0 Å². The van der Waals surface area contributed by atoms with Gasteiger partial charge in [-0.3, -0.25) is 5.10 Å². The number of aromatic nitrogens is 5. The van der Waals surface area contributed by atoms with Crippen molar-refractivity contribution >= 4 is 29.2 Å². The van der Waals surface area contributed by atoms with Gasteiger partial charge in [0.1, 0.15) is 18.2 Å². The number of rotatable bonds is 8. The molecule has 3 N–H and O–H groups in total. The molecule has 0 aliphatic heterocycles. The Morgan fingerprint density at radius 1 is 1.21 bits per heavy atom. The predicted octanol–water partition coefficient (Wildman–Crippen LogP) is 4.08. The Balaban J connectivity index is 1.33. The van der Waals surface area contributed by atoms with Gasteiger partial charge in [-0.1, -0.05) is 28.9 Å². The number of nitrogens with one attached hydrogen (secondary N) is 3. The molecule has 0 spiro atoms. The highest BCUT2D eigenvalue weighted by Gasteiger charge is 2.06. The summed E-state index contributed by atoms with van der Waals surface area (Å²) in [6.07, 6.45) is 1.65. The van der Waals surface area contributed by atoms with Crippen LogP contribution in [0, 0.1) is 6.92 Å². The van der Waals surface area contributed by atoms with Crippen LogP contribution in [-0.4, -0.2) is 25.3 Å². The largest absolute Gasteiger partial charge is 0.472 e. The van der Waals surface area contributed by atoms with E-state index in [0.29, 0.717) is 47.4 Å². The van der Waals surface area contributed by atoms with Crippen molar-refractivity contribution in [1.82, 2.24) is 25.3 Å². The maximum atomic E-state index is 5.98. The van der Waals surface area contributed by atoms with Gasteiger partial charge in [0, 0.05) is 23.4 Å². The van der Waals surface area contributed by atoms with Gasteiger partial charge in [-0.2, -0.15) is 4.98 Å². The molecular formula is C19H18ClN7O2. The van der Waals surface area contributed by atoms with Crippen LogP contribution in [0.3, 0.4) is 0 Å². The first kappa shape index (κ1) is 18.8. The first-order valence-electron chi connectivity index (χ1n) is 8.83. The lowest BCUT2D eigenvalue weighted by atomic mass is 10.2. The zero-order valence-electron chi connectivity index (χ0n) is 15.5. The molecule has 0 saturated carbocycles. The minimum absolute atomic E-state index is 0.369. The molecule has 4 rings (SSSR count). The van der Waals surface area contributed by atoms with Crippen LogP contribution >= 0.6 is 11.6 Å². The van der Waals surface area contributed by atoms with Gasteiger partial charge in [0.15, 0.2) is 5.76 Å². The van der Waals surface area contributed by atoms with Gasteiger partial charge in [0.25, 0.3) is 0 Å². The SMILES string of the molecule is Cc1cc(CNc2nccc(Nc3cc(OCc4cccc(Cl)c4)n[nH]3)n2)on1. The van der Waals surface area contributed by atoms with Crippen LogP contribution in [0.1, 0.15) is 17.0 Å². The maximum Gasteiger partial charge on any atom is 0.235 e. The summed E-state index contributed by atoms with van der Waals surface area (Å²) in [6.45, 7) is 2.68. The van der Waals surface area contributed by atoms with E-state index in [4.69, 9.17) is 20.9 Å². The standard InChI is InChI=1S/C19H18ClN7O2/c1-12-7-15(29-27-12)10-22-19-21-6-5-16(24-19)23-17-9-18(26-25-17)28-11-13-3-2-4-14(20)8-13/h2-9H,10-11H2,1H3,(H3,21,22,23,24,25,26). The molecule has 148 valence electrons. The highest BCUT2D eigenvalue weighted by atomic mass is 35.5. The van der Waals surface area contributed by atoms with Crippen LogP contribution in [0.2, 0.25) is 5.02 Å². The molecule has 10 heteroatoms.